The summed E-state index contributed by atoms with van der Waals surface area (Å²) < 4.78 is 29.4. The van der Waals surface area contributed by atoms with Crippen molar-refractivity contribution in [3.05, 3.63) is 59.3 Å². The molecule has 1 heterocycles. The van der Waals surface area contributed by atoms with Crippen LogP contribution in [0.25, 0.3) is 10.4 Å². The van der Waals surface area contributed by atoms with Crippen LogP contribution in [0.1, 0.15) is 69.7 Å². The van der Waals surface area contributed by atoms with E-state index >= 15 is 0 Å². The van der Waals surface area contributed by atoms with Crippen molar-refractivity contribution in [2.24, 2.45) is 0 Å². The fourth-order valence-electron chi connectivity index (χ4n) is 4.43. The number of nitrogens with zero attached hydrogens (tertiary/aromatic N) is 1. The third-order valence-electron chi connectivity index (χ3n) is 6.47. The summed E-state index contributed by atoms with van der Waals surface area (Å²) in [7, 11) is -3.73. The second kappa shape index (κ2) is 9.70. The molecular formula is C27H35N3O2S2. The van der Waals surface area contributed by atoms with Crippen molar-refractivity contribution < 1.29 is 8.42 Å². The Bertz CT molecular complexity index is 1250. The van der Waals surface area contributed by atoms with E-state index in [0.29, 0.717) is 22.2 Å². The van der Waals surface area contributed by atoms with E-state index in [9.17, 15) is 8.42 Å². The van der Waals surface area contributed by atoms with Crippen molar-refractivity contribution in [1.29, 1.82) is 0 Å². The molecule has 0 spiro atoms. The third kappa shape index (κ3) is 5.63. The van der Waals surface area contributed by atoms with Gasteiger partial charge in [-0.25, -0.2) is 13.4 Å². The highest BCUT2D eigenvalue weighted by Gasteiger charge is 2.21. The van der Waals surface area contributed by atoms with Gasteiger partial charge in [0.25, 0.3) is 10.0 Å². The van der Waals surface area contributed by atoms with Crippen LogP contribution in [-0.4, -0.2) is 19.4 Å². The van der Waals surface area contributed by atoms with E-state index < -0.39 is 10.0 Å². The molecule has 7 heteroatoms. The molecule has 0 bridgehead atoms. The summed E-state index contributed by atoms with van der Waals surface area (Å²) in [5.41, 5.74) is 4.24. The van der Waals surface area contributed by atoms with Crippen LogP contribution < -0.4 is 10.0 Å². The van der Waals surface area contributed by atoms with Gasteiger partial charge < -0.3 is 5.32 Å². The summed E-state index contributed by atoms with van der Waals surface area (Å²) >= 11 is 1.60. The van der Waals surface area contributed by atoms with Gasteiger partial charge in [-0.3, -0.25) is 4.72 Å². The Hall–Kier alpha value is -2.38. The van der Waals surface area contributed by atoms with Gasteiger partial charge in [0.1, 0.15) is 0 Å². The van der Waals surface area contributed by atoms with Gasteiger partial charge in [0, 0.05) is 11.7 Å². The molecular weight excluding hydrogens is 462 g/mol. The summed E-state index contributed by atoms with van der Waals surface area (Å²) in [5.74, 6) is 0. The maximum atomic E-state index is 13.3. The van der Waals surface area contributed by atoms with E-state index in [1.165, 1.54) is 32.1 Å². The fourth-order valence-corrected chi connectivity index (χ4v) is 6.80. The quantitative estimate of drug-likeness (QED) is 0.376. The summed E-state index contributed by atoms with van der Waals surface area (Å²) in [6.45, 7) is 10.2. The van der Waals surface area contributed by atoms with Gasteiger partial charge in [-0.1, -0.05) is 75.6 Å². The molecule has 0 radical (unpaired) electrons. The number of nitrogens with one attached hydrogen (secondary N) is 2. The molecule has 0 amide bonds. The standard InChI is InChI=1S/C27H35N3O2S2/c1-18-11-12-20(25-19(2)28-26(33-25)29-22-9-7-6-8-10-22)17-24(18)34(31,32)30-23-15-13-21(14-16-23)27(3,4)5/h11-17,22,30H,6-10H2,1-5H3,(H,28,29). The molecule has 1 aliphatic rings. The minimum atomic E-state index is -3.73. The number of sulfonamides is 1. The molecule has 1 aromatic heterocycles. The number of benzene rings is 2. The van der Waals surface area contributed by atoms with Crippen LogP contribution in [0.15, 0.2) is 47.4 Å². The number of thiazole rings is 1. The molecule has 2 N–H and O–H groups in total. The van der Waals surface area contributed by atoms with Gasteiger partial charge in [-0.2, -0.15) is 0 Å². The lowest BCUT2D eigenvalue weighted by Gasteiger charge is -2.22. The van der Waals surface area contributed by atoms with Crippen LogP contribution in [0.4, 0.5) is 10.8 Å². The second-order valence-corrected chi connectivity index (χ2v) is 13.0. The lowest BCUT2D eigenvalue weighted by molar-refractivity contribution is 0.462. The number of aromatic nitrogens is 1. The van der Waals surface area contributed by atoms with Crippen LogP contribution >= 0.6 is 11.3 Å². The second-order valence-electron chi connectivity index (χ2n) is 10.3. The monoisotopic (exact) mass is 497 g/mol. The lowest BCUT2D eigenvalue weighted by Crippen LogP contribution is -2.21. The van der Waals surface area contributed by atoms with E-state index in [0.717, 1.165) is 26.8 Å². The molecule has 1 aliphatic carbocycles. The first-order valence-electron chi connectivity index (χ1n) is 12.0. The van der Waals surface area contributed by atoms with E-state index in [4.69, 9.17) is 4.98 Å². The molecule has 3 aromatic rings. The van der Waals surface area contributed by atoms with Crippen molar-refractivity contribution in [1.82, 2.24) is 4.98 Å². The predicted octanol–water partition coefficient (Wildman–Crippen LogP) is 7.27. The summed E-state index contributed by atoms with van der Waals surface area (Å²) in [6.07, 6.45) is 6.21. The van der Waals surface area contributed by atoms with Gasteiger partial charge in [-0.05, 0) is 67.0 Å². The first kappa shape index (κ1) is 24.7. The Balaban J connectivity index is 1.58. The highest BCUT2D eigenvalue weighted by atomic mass is 32.2. The molecule has 34 heavy (non-hydrogen) atoms. The van der Waals surface area contributed by atoms with Crippen LogP contribution in [0.3, 0.4) is 0 Å². The molecule has 4 rings (SSSR count). The highest BCUT2D eigenvalue weighted by molar-refractivity contribution is 7.92. The Labute approximate surface area is 208 Å². The first-order valence-corrected chi connectivity index (χ1v) is 14.3. The highest BCUT2D eigenvalue weighted by Crippen LogP contribution is 2.36. The average Bonchev–Trinajstić information content (AvgIpc) is 3.14. The molecule has 0 aliphatic heterocycles. The summed E-state index contributed by atoms with van der Waals surface area (Å²) in [6, 6.07) is 13.7. The van der Waals surface area contributed by atoms with Crippen LogP contribution in [0.2, 0.25) is 0 Å². The minimum absolute atomic E-state index is 0.0135. The van der Waals surface area contributed by atoms with Crippen LogP contribution in [0.5, 0.6) is 0 Å². The predicted molar refractivity (Wildman–Crippen MR) is 143 cm³/mol. The van der Waals surface area contributed by atoms with Crippen molar-refractivity contribution in [2.45, 2.75) is 83.1 Å². The van der Waals surface area contributed by atoms with Gasteiger partial charge in [0.15, 0.2) is 5.13 Å². The van der Waals surface area contributed by atoms with Crippen molar-refractivity contribution in [3.63, 3.8) is 0 Å². The molecule has 5 nitrogen and oxygen atoms in total. The Kier molecular flexibility index (Phi) is 7.06. The Morgan fingerprint density at radius 2 is 1.65 bits per heavy atom. The molecule has 182 valence electrons. The third-order valence-corrected chi connectivity index (χ3v) is 9.13. The van der Waals surface area contributed by atoms with Crippen molar-refractivity contribution >= 4 is 32.2 Å². The van der Waals surface area contributed by atoms with E-state index in [2.05, 4.69) is 30.8 Å². The molecule has 1 fully saturated rings. The fraction of sp³-hybridized carbons (Fsp3) is 0.444. The van der Waals surface area contributed by atoms with Crippen molar-refractivity contribution in [2.75, 3.05) is 10.0 Å². The van der Waals surface area contributed by atoms with E-state index in [-0.39, 0.29) is 5.41 Å². The largest absolute Gasteiger partial charge is 0.359 e. The maximum Gasteiger partial charge on any atom is 0.262 e. The molecule has 2 aromatic carbocycles. The van der Waals surface area contributed by atoms with Gasteiger partial charge in [-0.15, -0.1) is 0 Å². The van der Waals surface area contributed by atoms with Crippen LogP contribution in [-0.2, 0) is 15.4 Å². The maximum absolute atomic E-state index is 13.3. The Morgan fingerprint density at radius 1 is 0.971 bits per heavy atom. The van der Waals surface area contributed by atoms with Crippen molar-refractivity contribution in [3.8, 4) is 10.4 Å². The van der Waals surface area contributed by atoms with E-state index in [1.807, 2.05) is 50.2 Å². The number of anilines is 2. The minimum Gasteiger partial charge on any atom is -0.359 e. The lowest BCUT2D eigenvalue weighted by atomic mass is 9.87. The zero-order valence-corrected chi connectivity index (χ0v) is 22.4. The SMILES string of the molecule is Cc1ccc(-c2sc(NC3CCCCC3)nc2C)cc1S(=O)(=O)Nc1ccc(C(C)(C)C)cc1. The molecule has 0 saturated heterocycles. The number of hydrogen-bond donors (Lipinski definition) is 2. The number of aryl methyl sites for hydroxylation is 2. The van der Waals surface area contributed by atoms with Gasteiger partial charge in [0.2, 0.25) is 0 Å². The molecule has 0 unspecified atom stereocenters. The van der Waals surface area contributed by atoms with Gasteiger partial charge >= 0.3 is 0 Å². The van der Waals surface area contributed by atoms with Crippen LogP contribution in [0, 0.1) is 13.8 Å². The smallest absolute Gasteiger partial charge is 0.262 e. The summed E-state index contributed by atoms with van der Waals surface area (Å²) in [4.78, 5) is 6.03. The number of hydrogen-bond acceptors (Lipinski definition) is 5. The zero-order chi connectivity index (χ0) is 24.5. The van der Waals surface area contributed by atoms with Gasteiger partial charge in [0.05, 0.1) is 15.5 Å². The summed E-state index contributed by atoms with van der Waals surface area (Å²) in [5, 5.41) is 4.51. The molecule has 1 saturated carbocycles. The first-order chi connectivity index (χ1) is 16.0. The van der Waals surface area contributed by atoms with E-state index in [1.54, 1.807) is 17.4 Å². The normalized spacial score (nSPS) is 15.3. The molecule has 0 atom stereocenters. The zero-order valence-electron chi connectivity index (χ0n) is 20.7. The number of rotatable bonds is 6. The average molecular weight is 498 g/mol. The topological polar surface area (TPSA) is 71.1 Å². The Morgan fingerprint density at radius 3 is 2.29 bits per heavy atom.